The van der Waals surface area contributed by atoms with Gasteiger partial charge < -0.3 is 5.41 Å². The molecule has 1 nitrogen and oxygen atoms in total. The predicted molar refractivity (Wildman–Crippen MR) is 67.3 cm³/mol. The first-order valence-electron chi connectivity index (χ1n) is 5.86. The predicted octanol–water partition coefficient (Wildman–Crippen LogP) is 4.07. The van der Waals surface area contributed by atoms with Gasteiger partial charge in [0.15, 0.2) is 0 Å². The number of rotatable bonds is 4. The number of allylic oxidation sites excluding steroid dienone is 3. The van der Waals surface area contributed by atoms with Gasteiger partial charge in [-0.05, 0) is 56.6 Å². The molecule has 0 radical (unpaired) electrons. The maximum absolute atomic E-state index is 7.45. The smallest absolute Gasteiger partial charge is 0.00137 e. The normalized spacial score (nSPS) is 34.9. The SMILES string of the molecule is C=CCC1C(C=C(C)C)C[C@@H](C=N)C1C. The van der Waals surface area contributed by atoms with Gasteiger partial charge in [0.05, 0.1) is 0 Å². The molecule has 0 saturated heterocycles. The molecular formula is C14H23N. The molecule has 3 unspecified atom stereocenters. The van der Waals surface area contributed by atoms with Crippen molar-refractivity contribution in [2.75, 3.05) is 0 Å². The third-order valence-corrected chi connectivity index (χ3v) is 3.65. The van der Waals surface area contributed by atoms with E-state index in [9.17, 15) is 0 Å². The summed E-state index contributed by atoms with van der Waals surface area (Å²) in [5.41, 5.74) is 1.40. The molecule has 84 valence electrons. The van der Waals surface area contributed by atoms with Crippen LogP contribution in [0.15, 0.2) is 24.3 Å². The zero-order valence-corrected chi connectivity index (χ0v) is 10.2. The Kier molecular flexibility index (Phi) is 4.31. The summed E-state index contributed by atoms with van der Waals surface area (Å²) in [6.45, 7) is 10.4. The molecule has 1 rings (SSSR count). The minimum Gasteiger partial charge on any atom is -0.313 e. The summed E-state index contributed by atoms with van der Waals surface area (Å²) in [7, 11) is 0. The van der Waals surface area contributed by atoms with Crippen molar-refractivity contribution in [2.24, 2.45) is 23.7 Å². The molecule has 0 heterocycles. The van der Waals surface area contributed by atoms with Gasteiger partial charge in [-0.1, -0.05) is 24.6 Å². The second kappa shape index (κ2) is 5.29. The van der Waals surface area contributed by atoms with Crippen LogP contribution < -0.4 is 0 Å². The van der Waals surface area contributed by atoms with Crippen LogP contribution in [-0.2, 0) is 0 Å². The van der Waals surface area contributed by atoms with Crippen LogP contribution in [0.5, 0.6) is 0 Å². The Morgan fingerprint density at radius 3 is 2.53 bits per heavy atom. The largest absolute Gasteiger partial charge is 0.313 e. The number of nitrogens with one attached hydrogen (secondary N) is 1. The van der Waals surface area contributed by atoms with Crippen molar-refractivity contribution in [3.63, 3.8) is 0 Å². The quantitative estimate of drug-likeness (QED) is 0.528. The van der Waals surface area contributed by atoms with Gasteiger partial charge in [0, 0.05) is 0 Å². The number of hydrogen-bond donors (Lipinski definition) is 1. The molecule has 1 saturated carbocycles. The summed E-state index contributed by atoms with van der Waals surface area (Å²) in [4.78, 5) is 0. The van der Waals surface area contributed by atoms with Crippen LogP contribution in [-0.4, -0.2) is 6.21 Å². The van der Waals surface area contributed by atoms with Gasteiger partial charge in [-0.3, -0.25) is 0 Å². The average Bonchev–Trinajstić information content (AvgIpc) is 2.45. The third-order valence-electron chi connectivity index (χ3n) is 3.65. The maximum Gasteiger partial charge on any atom is -0.00137 e. The van der Waals surface area contributed by atoms with Gasteiger partial charge in [-0.15, -0.1) is 6.58 Å². The van der Waals surface area contributed by atoms with Crippen molar-refractivity contribution in [2.45, 2.75) is 33.6 Å². The molecule has 0 aromatic heterocycles. The van der Waals surface area contributed by atoms with E-state index in [1.165, 1.54) is 5.57 Å². The van der Waals surface area contributed by atoms with E-state index in [2.05, 4.69) is 33.4 Å². The van der Waals surface area contributed by atoms with E-state index in [-0.39, 0.29) is 0 Å². The summed E-state index contributed by atoms with van der Waals surface area (Å²) in [6, 6.07) is 0. The van der Waals surface area contributed by atoms with Crippen molar-refractivity contribution in [1.29, 1.82) is 5.41 Å². The summed E-state index contributed by atoms with van der Waals surface area (Å²) >= 11 is 0. The van der Waals surface area contributed by atoms with E-state index < -0.39 is 0 Å². The lowest BCUT2D eigenvalue weighted by molar-refractivity contribution is 0.360. The van der Waals surface area contributed by atoms with E-state index >= 15 is 0 Å². The molecule has 15 heavy (non-hydrogen) atoms. The zero-order chi connectivity index (χ0) is 11.4. The monoisotopic (exact) mass is 205 g/mol. The van der Waals surface area contributed by atoms with E-state index in [0.717, 1.165) is 12.8 Å². The van der Waals surface area contributed by atoms with Crippen molar-refractivity contribution in [3.8, 4) is 0 Å². The Bertz CT molecular complexity index is 261. The lowest BCUT2D eigenvalue weighted by atomic mass is 9.85. The molecule has 1 N–H and O–H groups in total. The highest BCUT2D eigenvalue weighted by molar-refractivity contribution is 5.58. The van der Waals surface area contributed by atoms with Crippen molar-refractivity contribution < 1.29 is 0 Å². The topological polar surface area (TPSA) is 23.9 Å². The minimum atomic E-state index is 0.468. The van der Waals surface area contributed by atoms with Crippen LogP contribution in [0.2, 0.25) is 0 Å². The third kappa shape index (κ3) is 2.80. The molecule has 0 aromatic rings. The first-order chi connectivity index (χ1) is 7.10. The van der Waals surface area contributed by atoms with Crippen LogP contribution >= 0.6 is 0 Å². The molecule has 0 amide bonds. The first-order valence-corrected chi connectivity index (χ1v) is 5.86. The molecule has 0 bridgehead atoms. The minimum absolute atomic E-state index is 0.468. The molecule has 1 fully saturated rings. The molecule has 0 spiro atoms. The van der Waals surface area contributed by atoms with Crippen molar-refractivity contribution in [1.82, 2.24) is 0 Å². The Hall–Kier alpha value is -0.850. The van der Waals surface area contributed by atoms with Gasteiger partial charge in [0.1, 0.15) is 0 Å². The van der Waals surface area contributed by atoms with Gasteiger partial charge in [-0.25, -0.2) is 0 Å². The van der Waals surface area contributed by atoms with Gasteiger partial charge in [0.25, 0.3) is 0 Å². The first kappa shape index (κ1) is 12.2. The molecule has 4 atom stereocenters. The lowest BCUT2D eigenvalue weighted by Gasteiger charge is -2.19. The van der Waals surface area contributed by atoms with Crippen LogP contribution in [0.3, 0.4) is 0 Å². The summed E-state index contributed by atoms with van der Waals surface area (Å²) < 4.78 is 0. The van der Waals surface area contributed by atoms with Crippen LogP contribution in [0, 0.1) is 29.1 Å². The van der Waals surface area contributed by atoms with Gasteiger partial charge in [0.2, 0.25) is 0 Å². The highest BCUT2D eigenvalue weighted by Crippen LogP contribution is 2.43. The van der Waals surface area contributed by atoms with Crippen molar-refractivity contribution >= 4 is 6.21 Å². The van der Waals surface area contributed by atoms with Crippen LogP contribution in [0.25, 0.3) is 0 Å². The maximum atomic E-state index is 7.45. The van der Waals surface area contributed by atoms with Gasteiger partial charge in [-0.2, -0.15) is 0 Å². The fourth-order valence-electron chi connectivity index (χ4n) is 2.83. The molecule has 1 aliphatic rings. The van der Waals surface area contributed by atoms with Crippen molar-refractivity contribution in [3.05, 3.63) is 24.3 Å². The molecule has 1 aliphatic carbocycles. The molecular weight excluding hydrogens is 182 g/mol. The Labute approximate surface area is 93.8 Å². The zero-order valence-electron chi connectivity index (χ0n) is 10.2. The van der Waals surface area contributed by atoms with E-state index in [4.69, 9.17) is 5.41 Å². The fraction of sp³-hybridized carbons (Fsp3) is 0.643. The summed E-state index contributed by atoms with van der Waals surface area (Å²) in [5.74, 6) is 2.43. The average molecular weight is 205 g/mol. The molecule has 1 heteroatoms. The molecule has 0 aliphatic heterocycles. The van der Waals surface area contributed by atoms with Crippen LogP contribution in [0.4, 0.5) is 0 Å². The summed E-state index contributed by atoms with van der Waals surface area (Å²) in [5, 5.41) is 7.45. The lowest BCUT2D eigenvalue weighted by Crippen LogP contribution is -2.13. The standard InChI is InChI=1S/C14H23N/c1-5-6-14-11(4)13(9-15)8-12(14)7-10(2)3/h5,7,9,11-15H,1,6,8H2,2-4H3/t11?,12?,13-,14?/m0/s1. The highest BCUT2D eigenvalue weighted by atomic mass is 14.5. The van der Waals surface area contributed by atoms with Gasteiger partial charge >= 0.3 is 0 Å². The van der Waals surface area contributed by atoms with E-state index in [1.807, 2.05) is 6.08 Å². The second-order valence-corrected chi connectivity index (χ2v) is 5.02. The summed E-state index contributed by atoms with van der Waals surface area (Å²) in [6.07, 6.45) is 8.28. The second-order valence-electron chi connectivity index (χ2n) is 5.02. The van der Waals surface area contributed by atoms with Crippen LogP contribution in [0.1, 0.15) is 33.6 Å². The Morgan fingerprint density at radius 1 is 1.40 bits per heavy atom. The fourth-order valence-corrected chi connectivity index (χ4v) is 2.83. The molecule has 0 aromatic carbocycles. The highest BCUT2D eigenvalue weighted by Gasteiger charge is 2.37. The Morgan fingerprint density at radius 2 is 2.07 bits per heavy atom. The van der Waals surface area contributed by atoms with E-state index in [1.54, 1.807) is 6.21 Å². The Balaban J connectivity index is 2.81. The number of hydrogen-bond acceptors (Lipinski definition) is 1. The van der Waals surface area contributed by atoms with E-state index in [0.29, 0.717) is 23.7 Å².